The molecule has 0 aliphatic carbocycles. The van der Waals surface area contributed by atoms with Crippen LogP contribution in [-0.2, 0) is 20.7 Å². The number of carboxylic acid groups (broad SMARTS) is 1. The van der Waals surface area contributed by atoms with Crippen LogP contribution >= 0.6 is 0 Å². The summed E-state index contributed by atoms with van der Waals surface area (Å²) in [6.45, 7) is 13.7. The summed E-state index contributed by atoms with van der Waals surface area (Å²) in [5, 5.41) is 14.3. The Morgan fingerprint density at radius 1 is 0.933 bits per heavy atom. The first-order valence-electron chi connectivity index (χ1n) is 9.81. The van der Waals surface area contributed by atoms with Crippen molar-refractivity contribution < 1.29 is 29.0 Å². The van der Waals surface area contributed by atoms with Gasteiger partial charge in [-0.2, -0.15) is 0 Å². The number of ether oxygens (including phenoxy) is 2. The Balaban J connectivity index is 3.01. The maximum Gasteiger partial charge on any atom is 0.408 e. The van der Waals surface area contributed by atoms with Crippen LogP contribution in [0.4, 0.5) is 4.79 Å². The molecule has 1 atom stereocenters. The van der Waals surface area contributed by atoms with E-state index in [1.165, 1.54) is 13.8 Å². The number of carbonyl (C=O) groups is 3. The summed E-state index contributed by atoms with van der Waals surface area (Å²) in [5.41, 5.74) is -1.81. The van der Waals surface area contributed by atoms with Crippen LogP contribution < -0.4 is 15.4 Å². The largest absolute Gasteiger partial charge is 0.488 e. The molecule has 0 spiro atoms. The van der Waals surface area contributed by atoms with E-state index in [-0.39, 0.29) is 12.0 Å². The van der Waals surface area contributed by atoms with Gasteiger partial charge in [-0.15, -0.1) is 0 Å². The molecule has 8 heteroatoms. The van der Waals surface area contributed by atoms with E-state index in [2.05, 4.69) is 10.6 Å². The molecule has 8 nitrogen and oxygen atoms in total. The number of rotatable bonds is 7. The molecule has 168 valence electrons. The molecule has 1 aromatic carbocycles. The van der Waals surface area contributed by atoms with Crippen molar-refractivity contribution in [3.8, 4) is 5.75 Å². The Labute approximate surface area is 178 Å². The monoisotopic (exact) mass is 422 g/mol. The van der Waals surface area contributed by atoms with Gasteiger partial charge >= 0.3 is 12.1 Å². The third kappa shape index (κ3) is 9.15. The predicted molar refractivity (Wildman–Crippen MR) is 114 cm³/mol. The second-order valence-corrected chi connectivity index (χ2v) is 9.68. The number of hydrogen-bond donors (Lipinski definition) is 3. The van der Waals surface area contributed by atoms with Gasteiger partial charge in [0, 0.05) is 6.42 Å². The number of alkyl carbamates (subject to hydrolysis) is 1. The number of nitrogens with one attached hydrogen (secondary N) is 2. The second kappa shape index (κ2) is 9.36. The molecule has 1 aromatic rings. The predicted octanol–water partition coefficient (Wildman–Crippen LogP) is 3.28. The first kappa shape index (κ1) is 25.3. The summed E-state index contributed by atoms with van der Waals surface area (Å²) in [4.78, 5) is 36.3. The molecule has 2 amide bonds. The fourth-order valence-corrected chi connectivity index (χ4v) is 2.39. The van der Waals surface area contributed by atoms with Crippen LogP contribution in [0.25, 0.3) is 0 Å². The molecular formula is C22H34N2O6. The van der Waals surface area contributed by atoms with E-state index in [4.69, 9.17) is 9.47 Å². The number of amides is 2. The van der Waals surface area contributed by atoms with Crippen molar-refractivity contribution in [3.63, 3.8) is 0 Å². The number of carboxylic acids is 1. The molecule has 0 unspecified atom stereocenters. The lowest BCUT2D eigenvalue weighted by atomic mass is 10.0. The number of benzene rings is 1. The smallest absolute Gasteiger partial charge is 0.408 e. The molecule has 0 aromatic heterocycles. The minimum Gasteiger partial charge on any atom is -0.488 e. The van der Waals surface area contributed by atoms with E-state index in [0.717, 1.165) is 5.56 Å². The standard InChI is InChI=1S/C22H34N2O6/c1-20(2,3)29-15-11-9-14(10-12-15)13-16(23-19(28)30-21(4,5)6)17(25)24-22(7,8)18(26)27/h9-12,16H,13H2,1-8H3,(H,23,28)(H,24,25)(H,26,27)/t16-/m0/s1. The maximum atomic E-state index is 12.8. The lowest BCUT2D eigenvalue weighted by Gasteiger charge is -2.27. The Bertz CT molecular complexity index is 757. The molecule has 0 aliphatic rings. The van der Waals surface area contributed by atoms with Gasteiger partial charge in [0.05, 0.1) is 0 Å². The Hall–Kier alpha value is -2.77. The minimum atomic E-state index is -1.49. The highest BCUT2D eigenvalue weighted by Gasteiger charge is 2.33. The number of hydrogen-bond acceptors (Lipinski definition) is 5. The van der Waals surface area contributed by atoms with Gasteiger partial charge in [0.25, 0.3) is 0 Å². The topological polar surface area (TPSA) is 114 Å². The lowest BCUT2D eigenvalue weighted by Crippen LogP contribution is -2.57. The van der Waals surface area contributed by atoms with Crippen LogP contribution in [-0.4, -0.2) is 45.9 Å². The quantitative estimate of drug-likeness (QED) is 0.621. The lowest BCUT2D eigenvalue weighted by molar-refractivity contribution is -0.146. The van der Waals surface area contributed by atoms with E-state index in [0.29, 0.717) is 5.75 Å². The zero-order valence-corrected chi connectivity index (χ0v) is 19.1. The van der Waals surface area contributed by atoms with Crippen molar-refractivity contribution in [2.24, 2.45) is 0 Å². The van der Waals surface area contributed by atoms with Crippen molar-refractivity contribution in [1.82, 2.24) is 10.6 Å². The molecule has 3 N–H and O–H groups in total. The fourth-order valence-electron chi connectivity index (χ4n) is 2.39. The molecule has 0 bridgehead atoms. The van der Waals surface area contributed by atoms with Gasteiger partial charge in [-0.3, -0.25) is 4.79 Å². The zero-order chi connectivity index (χ0) is 23.3. The molecule has 0 aliphatic heterocycles. The van der Waals surface area contributed by atoms with Gasteiger partial charge in [0.2, 0.25) is 5.91 Å². The van der Waals surface area contributed by atoms with Crippen LogP contribution in [0.1, 0.15) is 61.0 Å². The maximum absolute atomic E-state index is 12.8. The Morgan fingerprint density at radius 3 is 1.90 bits per heavy atom. The molecule has 1 rings (SSSR count). The molecule has 0 saturated carbocycles. The Kier molecular flexibility index (Phi) is 7.89. The Morgan fingerprint density at radius 2 is 1.47 bits per heavy atom. The molecule has 0 fully saturated rings. The molecular weight excluding hydrogens is 388 g/mol. The molecule has 30 heavy (non-hydrogen) atoms. The summed E-state index contributed by atoms with van der Waals surface area (Å²) in [6.07, 6.45) is -0.611. The fraction of sp³-hybridized carbons (Fsp3) is 0.591. The van der Waals surface area contributed by atoms with Crippen molar-refractivity contribution in [1.29, 1.82) is 0 Å². The average Bonchev–Trinajstić information content (AvgIpc) is 2.52. The zero-order valence-electron chi connectivity index (χ0n) is 19.1. The third-order valence-electron chi connectivity index (χ3n) is 3.77. The van der Waals surface area contributed by atoms with Gasteiger partial charge in [0.15, 0.2) is 0 Å². The first-order chi connectivity index (χ1) is 13.5. The van der Waals surface area contributed by atoms with Crippen LogP contribution in [0, 0.1) is 0 Å². The highest BCUT2D eigenvalue weighted by molar-refractivity contribution is 5.91. The number of carbonyl (C=O) groups excluding carboxylic acids is 2. The summed E-state index contributed by atoms with van der Waals surface area (Å²) >= 11 is 0. The van der Waals surface area contributed by atoms with Crippen LogP contribution in [0.3, 0.4) is 0 Å². The highest BCUT2D eigenvalue weighted by atomic mass is 16.6. The van der Waals surface area contributed by atoms with Crippen LogP contribution in [0.15, 0.2) is 24.3 Å². The van der Waals surface area contributed by atoms with Crippen molar-refractivity contribution in [2.75, 3.05) is 0 Å². The van der Waals surface area contributed by atoms with Gasteiger partial charge in [0.1, 0.15) is 28.5 Å². The summed E-state index contributed by atoms with van der Waals surface area (Å²) in [7, 11) is 0. The number of aliphatic carboxylic acids is 1. The highest BCUT2D eigenvalue weighted by Crippen LogP contribution is 2.19. The molecule has 0 saturated heterocycles. The molecule has 0 heterocycles. The van der Waals surface area contributed by atoms with Crippen LogP contribution in [0.2, 0.25) is 0 Å². The van der Waals surface area contributed by atoms with Gasteiger partial charge < -0.3 is 25.2 Å². The normalized spacial score (nSPS) is 13.2. The van der Waals surface area contributed by atoms with Gasteiger partial charge in [-0.25, -0.2) is 9.59 Å². The van der Waals surface area contributed by atoms with E-state index in [1.807, 2.05) is 20.8 Å². The van der Waals surface area contributed by atoms with E-state index >= 15 is 0 Å². The first-order valence-corrected chi connectivity index (χ1v) is 9.81. The summed E-state index contributed by atoms with van der Waals surface area (Å²) < 4.78 is 11.0. The van der Waals surface area contributed by atoms with E-state index < -0.39 is 35.2 Å². The van der Waals surface area contributed by atoms with Crippen LogP contribution in [0.5, 0.6) is 5.75 Å². The SMILES string of the molecule is CC(C)(C)OC(=O)N[C@@H](Cc1ccc(OC(C)(C)C)cc1)C(=O)NC(C)(C)C(=O)O. The van der Waals surface area contributed by atoms with Crippen molar-refractivity contribution in [2.45, 2.75) is 84.6 Å². The van der Waals surface area contributed by atoms with Gasteiger partial charge in [-0.1, -0.05) is 12.1 Å². The van der Waals surface area contributed by atoms with E-state index in [9.17, 15) is 19.5 Å². The summed E-state index contributed by atoms with van der Waals surface area (Å²) in [5.74, 6) is -1.13. The minimum absolute atomic E-state index is 0.149. The van der Waals surface area contributed by atoms with Crippen molar-refractivity contribution in [3.05, 3.63) is 29.8 Å². The van der Waals surface area contributed by atoms with Gasteiger partial charge in [-0.05, 0) is 73.1 Å². The summed E-state index contributed by atoms with van der Waals surface area (Å²) in [6, 6.07) is 6.13. The third-order valence-corrected chi connectivity index (χ3v) is 3.77. The average molecular weight is 423 g/mol. The second-order valence-electron chi connectivity index (χ2n) is 9.68. The van der Waals surface area contributed by atoms with E-state index in [1.54, 1.807) is 45.0 Å². The van der Waals surface area contributed by atoms with Crippen molar-refractivity contribution >= 4 is 18.0 Å². The molecule has 0 radical (unpaired) electrons.